The molecule has 104 valence electrons. The molecule has 7 heteroatoms. The van der Waals surface area contributed by atoms with Crippen molar-refractivity contribution >= 4 is 0 Å². The summed E-state index contributed by atoms with van der Waals surface area (Å²) in [6.45, 7) is 1.32. The van der Waals surface area contributed by atoms with Gasteiger partial charge in [-0.25, -0.2) is 0 Å². The van der Waals surface area contributed by atoms with Crippen molar-refractivity contribution in [3.05, 3.63) is 0 Å². The fourth-order valence-electron chi connectivity index (χ4n) is 0.365. The van der Waals surface area contributed by atoms with E-state index in [0.29, 0.717) is 13.1 Å². The standard InChI is InChI=1S/2C4H10NO.2CH3O.Ti/c2*1-5(2)3-4-6;2*1-2;/h2*3-4H2,1-2H3;2*1H3;/q4*-1;+4. The first-order valence-corrected chi connectivity index (χ1v) is 4.82. The third-order valence-corrected chi connectivity index (χ3v) is 1.08. The number of nitrogens with zero attached hydrogens (tertiary/aromatic N) is 2. The molecule has 0 aromatic heterocycles. The van der Waals surface area contributed by atoms with Gasteiger partial charge in [0.2, 0.25) is 0 Å². The zero-order chi connectivity index (χ0) is 14.0. The minimum absolute atomic E-state index is 0. The molecule has 0 unspecified atom stereocenters. The predicted octanol–water partition coefficient (Wildman–Crippen LogP) is -4.23. The summed E-state index contributed by atoms with van der Waals surface area (Å²) < 4.78 is 0. The average Bonchev–Trinajstić information content (AvgIpc) is 2.24. The van der Waals surface area contributed by atoms with E-state index in [1.165, 1.54) is 0 Å². The number of likely N-dealkylation sites (N-methyl/N-ethyl adjacent to an activating group) is 2. The Kier molecular flexibility index (Phi) is 64.5. The summed E-state index contributed by atoms with van der Waals surface area (Å²) in [6, 6.07) is 0. The molecule has 0 amide bonds. The molecule has 0 aromatic carbocycles. The molecular weight excluding hydrogens is 260 g/mol. The van der Waals surface area contributed by atoms with Gasteiger partial charge >= 0.3 is 21.7 Å². The maximum Gasteiger partial charge on any atom is 4.00 e. The quantitative estimate of drug-likeness (QED) is 0.486. The van der Waals surface area contributed by atoms with Crippen LogP contribution < -0.4 is 20.4 Å². The first kappa shape index (κ1) is 30.5. The Morgan fingerprint density at radius 2 is 0.824 bits per heavy atom. The summed E-state index contributed by atoms with van der Waals surface area (Å²) in [4.78, 5) is 3.74. The molecule has 17 heavy (non-hydrogen) atoms. The second-order valence-electron chi connectivity index (χ2n) is 3.01. The van der Waals surface area contributed by atoms with Crippen molar-refractivity contribution in [1.82, 2.24) is 9.80 Å². The summed E-state index contributed by atoms with van der Waals surface area (Å²) in [5, 5.41) is 35.9. The van der Waals surface area contributed by atoms with Crippen molar-refractivity contribution in [1.29, 1.82) is 0 Å². The number of hydrogen-bond donors (Lipinski definition) is 0. The van der Waals surface area contributed by atoms with E-state index in [0.717, 1.165) is 14.2 Å². The molecule has 6 nitrogen and oxygen atoms in total. The Balaban J connectivity index is -0.0000000417. The van der Waals surface area contributed by atoms with Crippen LogP contribution in [0.4, 0.5) is 0 Å². The van der Waals surface area contributed by atoms with E-state index in [4.69, 9.17) is 10.2 Å². The Morgan fingerprint density at radius 1 is 0.647 bits per heavy atom. The van der Waals surface area contributed by atoms with Crippen LogP contribution in [0.5, 0.6) is 0 Å². The van der Waals surface area contributed by atoms with Crippen molar-refractivity contribution in [2.24, 2.45) is 0 Å². The van der Waals surface area contributed by atoms with Crippen LogP contribution in [0.2, 0.25) is 0 Å². The molecule has 0 aliphatic carbocycles. The van der Waals surface area contributed by atoms with Crippen LogP contribution in [0.15, 0.2) is 0 Å². The molecule has 0 radical (unpaired) electrons. The second kappa shape index (κ2) is 36.0. The van der Waals surface area contributed by atoms with Crippen molar-refractivity contribution in [2.75, 3.05) is 68.7 Å². The van der Waals surface area contributed by atoms with Crippen LogP contribution in [0.1, 0.15) is 0 Å². The van der Waals surface area contributed by atoms with Crippen molar-refractivity contribution in [2.45, 2.75) is 0 Å². The average molecular weight is 286 g/mol. The molecule has 0 saturated carbocycles. The van der Waals surface area contributed by atoms with Gasteiger partial charge in [-0.1, -0.05) is 0 Å². The van der Waals surface area contributed by atoms with E-state index in [-0.39, 0.29) is 34.9 Å². The molecule has 0 N–H and O–H groups in total. The maximum atomic E-state index is 9.70. The van der Waals surface area contributed by atoms with Gasteiger partial charge in [-0.2, -0.15) is 14.2 Å². The SMILES string of the molecule is CN(C)CC[O-].CN(C)CC[O-].C[O-].C[O-].[Ti+4]. The van der Waals surface area contributed by atoms with Gasteiger partial charge in [0.25, 0.3) is 0 Å². The van der Waals surface area contributed by atoms with Gasteiger partial charge in [-0.3, -0.25) is 0 Å². The zero-order valence-electron chi connectivity index (χ0n) is 11.9. The van der Waals surface area contributed by atoms with E-state index in [1.54, 1.807) is 0 Å². The zero-order valence-corrected chi connectivity index (χ0v) is 13.4. The largest absolute Gasteiger partial charge is 4.00 e. The van der Waals surface area contributed by atoms with Gasteiger partial charge in [-0.05, 0) is 41.3 Å². The fraction of sp³-hybridized carbons (Fsp3) is 1.00. The third kappa shape index (κ3) is 82.3. The van der Waals surface area contributed by atoms with Crippen LogP contribution in [0.25, 0.3) is 0 Å². The molecular formula is C10H26N2O4Ti. The summed E-state index contributed by atoms with van der Waals surface area (Å²) in [6.07, 6.45) is 0. The second-order valence-corrected chi connectivity index (χ2v) is 3.01. The van der Waals surface area contributed by atoms with E-state index in [9.17, 15) is 10.2 Å². The van der Waals surface area contributed by atoms with Crippen LogP contribution in [0.3, 0.4) is 0 Å². The number of hydrogen-bond acceptors (Lipinski definition) is 6. The van der Waals surface area contributed by atoms with Crippen LogP contribution in [-0.4, -0.2) is 78.5 Å². The van der Waals surface area contributed by atoms with E-state index < -0.39 is 0 Å². The molecule has 0 aliphatic heterocycles. The molecule has 0 fully saturated rings. The van der Waals surface area contributed by atoms with Crippen molar-refractivity contribution in [3.63, 3.8) is 0 Å². The minimum atomic E-state index is 0. The van der Waals surface area contributed by atoms with E-state index >= 15 is 0 Å². The summed E-state index contributed by atoms with van der Waals surface area (Å²) in [5.41, 5.74) is 0. The molecule has 0 spiro atoms. The summed E-state index contributed by atoms with van der Waals surface area (Å²) in [7, 11) is 9.05. The van der Waals surface area contributed by atoms with Gasteiger partial charge in [0, 0.05) is 0 Å². The molecule has 0 atom stereocenters. The Bertz CT molecular complexity index is 78.7. The van der Waals surface area contributed by atoms with E-state index in [2.05, 4.69) is 0 Å². The monoisotopic (exact) mass is 286 g/mol. The first-order valence-electron chi connectivity index (χ1n) is 4.82. The third-order valence-electron chi connectivity index (χ3n) is 1.08. The van der Waals surface area contributed by atoms with Gasteiger partial charge in [0.1, 0.15) is 0 Å². The van der Waals surface area contributed by atoms with Gasteiger partial charge in [-0.15, -0.1) is 13.2 Å². The van der Waals surface area contributed by atoms with Crippen LogP contribution in [0, 0.1) is 0 Å². The predicted molar refractivity (Wildman–Crippen MR) is 58.7 cm³/mol. The molecule has 0 heterocycles. The first-order chi connectivity index (χ1) is 7.54. The topological polar surface area (TPSA) is 98.7 Å². The van der Waals surface area contributed by atoms with Gasteiger partial charge in [0.15, 0.2) is 0 Å². The summed E-state index contributed by atoms with van der Waals surface area (Å²) >= 11 is 0. The Morgan fingerprint density at radius 3 is 0.824 bits per heavy atom. The molecule has 0 aliphatic rings. The van der Waals surface area contributed by atoms with Crippen LogP contribution in [-0.2, 0) is 21.7 Å². The molecule has 0 bridgehead atoms. The molecule has 0 aromatic rings. The normalized spacial score (nSPS) is 7.76. The van der Waals surface area contributed by atoms with Crippen LogP contribution >= 0.6 is 0 Å². The van der Waals surface area contributed by atoms with E-state index in [1.807, 2.05) is 38.0 Å². The summed E-state index contributed by atoms with van der Waals surface area (Å²) in [5.74, 6) is 0. The molecule has 0 rings (SSSR count). The van der Waals surface area contributed by atoms with Gasteiger partial charge < -0.3 is 30.2 Å². The van der Waals surface area contributed by atoms with Crippen molar-refractivity contribution in [3.8, 4) is 0 Å². The maximum absolute atomic E-state index is 9.70. The number of rotatable bonds is 4. The Labute approximate surface area is 121 Å². The van der Waals surface area contributed by atoms with Gasteiger partial charge in [0.05, 0.1) is 0 Å². The van der Waals surface area contributed by atoms with Crippen molar-refractivity contribution < 1.29 is 42.1 Å². The smallest absolute Gasteiger partial charge is 0.857 e. The molecule has 0 saturated heterocycles. The Hall–Kier alpha value is 0.474. The fourth-order valence-corrected chi connectivity index (χ4v) is 0.365. The minimum Gasteiger partial charge on any atom is -0.857 e.